The van der Waals surface area contributed by atoms with Crippen LogP contribution in [0.3, 0.4) is 0 Å². The summed E-state index contributed by atoms with van der Waals surface area (Å²) in [6.07, 6.45) is 4.61. The quantitative estimate of drug-likeness (QED) is 0.567. The molecule has 1 saturated heterocycles. The standard InChI is InChI=1S/C13H24N2O3/c1-11-6-3-4-9-15(11)10-12(16)14-8-5-7-13(17)18-2/h11H,3-10H2,1-2H3,(H,14,16). The summed E-state index contributed by atoms with van der Waals surface area (Å²) < 4.78 is 4.53. The summed E-state index contributed by atoms with van der Waals surface area (Å²) in [7, 11) is 1.37. The molecule has 5 heteroatoms. The highest BCUT2D eigenvalue weighted by Crippen LogP contribution is 2.15. The van der Waals surface area contributed by atoms with E-state index < -0.39 is 0 Å². The molecule has 1 N–H and O–H groups in total. The van der Waals surface area contributed by atoms with Gasteiger partial charge in [0.05, 0.1) is 13.7 Å². The van der Waals surface area contributed by atoms with E-state index in [1.165, 1.54) is 26.4 Å². The number of nitrogens with zero attached hydrogens (tertiary/aromatic N) is 1. The predicted octanol–water partition coefficient (Wildman–Crippen LogP) is 0.930. The summed E-state index contributed by atoms with van der Waals surface area (Å²) in [5.74, 6) is -0.178. The van der Waals surface area contributed by atoms with Crippen molar-refractivity contribution >= 4 is 11.9 Å². The van der Waals surface area contributed by atoms with Gasteiger partial charge in [0.2, 0.25) is 5.91 Å². The van der Waals surface area contributed by atoms with Crippen LogP contribution in [0, 0.1) is 0 Å². The molecule has 1 atom stereocenters. The molecule has 0 aromatic carbocycles. The fourth-order valence-electron chi connectivity index (χ4n) is 2.20. The van der Waals surface area contributed by atoms with Crippen LogP contribution in [0.2, 0.25) is 0 Å². The highest BCUT2D eigenvalue weighted by atomic mass is 16.5. The number of nitrogens with one attached hydrogen (secondary N) is 1. The van der Waals surface area contributed by atoms with E-state index in [1.54, 1.807) is 0 Å². The number of carbonyl (C=O) groups excluding carboxylic acids is 2. The molecule has 1 rings (SSSR count). The Morgan fingerprint density at radius 3 is 2.83 bits per heavy atom. The Morgan fingerprint density at radius 1 is 1.39 bits per heavy atom. The van der Waals surface area contributed by atoms with E-state index in [2.05, 4.69) is 21.9 Å². The fourth-order valence-corrected chi connectivity index (χ4v) is 2.20. The molecule has 1 aliphatic heterocycles. The zero-order valence-corrected chi connectivity index (χ0v) is 11.4. The number of rotatable bonds is 6. The largest absolute Gasteiger partial charge is 0.469 e. The first kappa shape index (κ1) is 15.0. The smallest absolute Gasteiger partial charge is 0.305 e. The van der Waals surface area contributed by atoms with Gasteiger partial charge in [0.25, 0.3) is 0 Å². The molecule has 1 unspecified atom stereocenters. The summed E-state index contributed by atoms with van der Waals surface area (Å²) in [5, 5.41) is 2.84. The van der Waals surface area contributed by atoms with Crippen LogP contribution in [0.25, 0.3) is 0 Å². The maximum absolute atomic E-state index is 11.7. The number of ether oxygens (including phenoxy) is 1. The van der Waals surface area contributed by atoms with Gasteiger partial charge in [-0.3, -0.25) is 14.5 Å². The topological polar surface area (TPSA) is 58.6 Å². The van der Waals surface area contributed by atoms with Crippen molar-refractivity contribution in [3.8, 4) is 0 Å². The normalized spacial score (nSPS) is 20.4. The second-order valence-electron chi connectivity index (χ2n) is 4.84. The van der Waals surface area contributed by atoms with Gasteiger partial charge < -0.3 is 10.1 Å². The van der Waals surface area contributed by atoms with Crippen LogP contribution >= 0.6 is 0 Å². The Kier molecular flexibility index (Phi) is 6.72. The van der Waals surface area contributed by atoms with Gasteiger partial charge in [-0.05, 0) is 32.7 Å². The van der Waals surface area contributed by atoms with Crippen LogP contribution in [-0.4, -0.2) is 49.6 Å². The molecule has 0 aromatic rings. The van der Waals surface area contributed by atoms with Crippen molar-refractivity contribution in [1.29, 1.82) is 0 Å². The average molecular weight is 256 g/mol. The monoisotopic (exact) mass is 256 g/mol. The van der Waals surface area contributed by atoms with Crippen LogP contribution in [0.1, 0.15) is 39.0 Å². The predicted molar refractivity (Wildman–Crippen MR) is 69.1 cm³/mol. The molecule has 0 aromatic heterocycles. The van der Waals surface area contributed by atoms with Crippen LogP contribution in [0.4, 0.5) is 0 Å². The molecular weight excluding hydrogens is 232 g/mol. The van der Waals surface area contributed by atoms with E-state index in [-0.39, 0.29) is 11.9 Å². The van der Waals surface area contributed by atoms with E-state index in [4.69, 9.17) is 0 Å². The number of piperidine rings is 1. The molecule has 0 spiro atoms. The maximum Gasteiger partial charge on any atom is 0.305 e. The lowest BCUT2D eigenvalue weighted by Gasteiger charge is -2.32. The molecule has 18 heavy (non-hydrogen) atoms. The summed E-state index contributed by atoms with van der Waals surface area (Å²) >= 11 is 0. The number of likely N-dealkylation sites (tertiary alicyclic amines) is 1. The van der Waals surface area contributed by atoms with Crippen molar-refractivity contribution in [3.05, 3.63) is 0 Å². The zero-order chi connectivity index (χ0) is 13.4. The fraction of sp³-hybridized carbons (Fsp3) is 0.846. The van der Waals surface area contributed by atoms with Gasteiger partial charge in [0.1, 0.15) is 0 Å². The molecule has 1 amide bonds. The molecule has 0 radical (unpaired) electrons. The number of amides is 1. The number of methoxy groups -OCH3 is 1. The van der Waals surface area contributed by atoms with E-state index in [0.717, 1.165) is 6.54 Å². The van der Waals surface area contributed by atoms with Crippen LogP contribution in [0.15, 0.2) is 0 Å². The minimum absolute atomic E-state index is 0.0496. The molecule has 104 valence electrons. The van der Waals surface area contributed by atoms with Crippen LogP contribution in [-0.2, 0) is 14.3 Å². The van der Waals surface area contributed by atoms with E-state index in [1.807, 2.05) is 0 Å². The third kappa shape index (κ3) is 5.49. The Labute approximate surface area is 109 Å². The van der Waals surface area contributed by atoms with Crippen molar-refractivity contribution < 1.29 is 14.3 Å². The van der Waals surface area contributed by atoms with Gasteiger partial charge in [-0.25, -0.2) is 0 Å². The lowest BCUT2D eigenvalue weighted by atomic mass is 10.0. The van der Waals surface area contributed by atoms with E-state index in [9.17, 15) is 9.59 Å². The zero-order valence-electron chi connectivity index (χ0n) is 11.4. The maximum atomic E-state index is 11.7. The molecule has 0 aliphatic carbocycles. The first-order valence-corrected chi connectivity index (χ1v) is 6.71. The first-order chi connectivity index (χ1) is 8.63. The number of esters is 1. The highest BCUT2D eigenvalue weighted by Gasteiger charge is 2.20. The van der Waals surface area contributed by atoms with Gasteiger partial charge in [-0.15, -0.1) is 0 Å². The van der Waals surface area contributed by atoms with Crippen molar-refractivity contribution in [2.45, 2.75) is 45.1 Å². The second-order valence-corrected chi connectivity index (χ2v) is 4.84. The molecule has 0 saturated carbocycles. The van der Waals surface area contributed by atoms with Crippen LogP contribution < -0.4 is 5.32 Å². The average Bonchev–Trinajstić information content (AvgIpc) is 2.37. The van der Waals surface area contributed by atoms with Gasteiger partial charge in [-0.1, -0.05) is 6.42 Å². The summed E-state index contributed by atoms with van der Waals surface area (Å²) in [6.45, 7) is 4.19. The van der Waals surface area contributed by atoms with Gasteiger partial charge in [0.15, 0.2) is 0 Å². The van der Waals surface area contributed by atoms with Gasteiger partial charge in [0, 0.05) is 19.0 Å². The molecule has 1 fully saturated rings. The molecule has 5 nitrogen and oxygen atoms in total. The third-order valence-corrected chi connectivity index (χ3v) is 3.39. The van der Waals surface area contributed by atoms with Gasteiger partial charge >= 0.3 is 5.97 Å². The summed E-state index contributed by atoms with van der Waals surface area (Å²) in [6, 6.07) is 0.500. The number of hydrogen-bond donors (Lipinski definition) is 1. The molecule has 1 heterocycles. The number of hydrogen-bond acceptors (Lipinski definition) is 4. The Morgan fingerprint density at radius 2 is 2.17 bits per heavy atom. The molecule has 1 aliphatic rings. The lowest BCUT2D eigenvalue weighted by molar-refractivity contribution is -0.140. The third-order valence-electron chi connectivity index (χ3n) is 3.39. The van der Waals surface area contributed by atoms with Crippen LogP contribution in [0.5, 0.6) is 0 Å². The first-order valence-electron chi connectivity index (χ1n) is 6.71. The Balaban J connectivity index is 2.11. The van der Waals surface area contributed by atoms with E-state index >= 15 is 0 Å². The van der Waals surface area contributed by atoms with Crippen molar-refractivity contribution in [3.63, 3.8) is 0 Å². The lowest BCUT2D eigenvalue weighted by Crippen LogP contribution is -2.44. The molecule has 0 bridgehead atoms. The van der Waals surface area contributed by atoms with Gasteiger partial charge in [-0.2, -0.15) is 0 Å². The van der Waals surface area contributed by atoms with Crippen molar-refractivity contribution in [1.82, 2.24) is 10.2 Å². The molecular formula is C13H24N2O3. The van der Waals surface area contributed by atoms with Crippen molar-refractivity contribution in [2.75, 3.05) is 26.7 Å². The minimum Gasteiger partial charge on any atom is -0.469 e. The second kappa shape index (κ2) is 8.08. The Hall–Kier alpha value is -1.10. The summed E-state index contributed by atoms with van der Waals surface area (Å²) in [5.41, 5.74) is 0. The SMILES string of the molecule is COC(=O)CCCNC(=O)CN1CCCCC1C. The number of carbonyl (C=O) groups is 2. The Bertz CT molecular complexity index is 281. The summed E-state index contributed by atoms with van der Waals surface area (Å²) in [4.78, 5) is 24.8. The minimum atomic E-state index is -0.228. The van der Waals surface area contributed by atoms with Crippen molar-refractivity contribution in [2.24, 2.45) is 0 Å². The van der Waals surface area contributed by atoms with E-state index in [0.29, 0.717) is 32.0 Å². The highest BCUT2D eigenvalue weighted by molar-refractivity contribution is 5.78.